The lowest BCUT2D eigenvalue weighted by atomic mass is 10.0. The molecule has 1 aromatic carbocycles. The number of hydrogen-bond acceptors (Lipinski definition) is 3. The van der Waals surface area contributed by atoms with Crippen molar-refractivity contribution in [3.05, 3.63) is 34.9 Å². The summed E-state index contributed by atoms with van der Waals surface area (Å²) in [4.78, 5) is 23.2. The molecule has 5 nitrogen and oxygen atoms in total. The number of carbonyl (C=O) groups is 2. The van der Waals surface area contributed by atoms with E-state index in [0.29, 0.717) is 11.6 Å². The van der Waals surface area contributed by atoms with Crippen LogP contribution in [0.2, 0.25) is 5.02 Å². The van der Waals surface area contributed by atoms with E-state index in [4.69, 9.17) is 11.6 Å². The lowest BCUT2D eigenvalue weighted by molar-refractivity contribution is -0.122. The monoisotopic (exact) mass is 311 g/mol. The largest absolute Gasteiger partial charge is 0.355 e. The summed E-state index contributed by atoms with van der Waals surface area (Å²) in [5.74, 6) is -0.267. The minimum atomic E-state index is -0.348. The molecule has 0 saturated carbocycles. The van der Waals surface area contributed by atoms with E-state index in [0.717, 1.165) is 18.7 Å². The van der Waals surface area contributed by atoms with Crippen LogP contribution in [0.4, 0.5) is 0 Å². The quantitative estimate of drug-likeness (QED) is 0.639. The summed E-state index contributed by atoms with van der Waals surface area (Å²) in [6.45, 7) is 5.62. The Morgan fingerprint density at radius 2 is 1.86 bits per heavy atom. The van der Waals surface area contributed by atoms with Crippen molar-refractivity contribution < 1.29 is 9.59 Å². The zero-order chi connectivity index (χ0) is 15.7. The predicted molar refractivity (Wildman–Crippen MR) is 84.2 cm³/mol. The summed E-state index contributed by atoms with van der Waals surface area (Å²) in [5, 5.41) is 9.36. The summed E-state index contributed by atoms with van der Waals surface area (Å²) >= 11 is 5.85. The normalized spacial score (nSPS) is 11.8. The number of benzene rings is 1. The first kappa shape index (κ1) is 17.5. The van der Waals surface area contributed by atoms with Gasteiger partial charge in [-0.3, -0.25) is 9.59 Å². The zero-order valence-electron chi connectivity index (χ0n) is 12.4. The highest BCUT2D eigenvalue weighted by molar-refractivity contribution is 6.30. The van der Waals surface area contributed by atoms with Gasteiger partial charge in [-0.15, -0.1) is 0 Å². The van der Waals surface area contributed by atoms with Crippen LogP contribution >= 0.6 is 11.6 Å². The van der Waals surface area contributed by atoms with Crippen molar-refractivity contribution in [2.75, 3.05) is 19.6 Å². The maximum Gasteiger partial charge on any atom is 0.222 e. The van der Waals surface area contributed by atoms with Crippen molar-refractivity contribution >= 4 is 23.4 Å². The average molecular weight is 312 g/mol. The lowest BCUT2D eigenvalue weighted by Crippen LogP contribution is -2.35. The average Bonchev–Trinajstić information content (AvgIpc) is 2.43. The van der Waals surface area contributed by atoms with E-state index in [-0.39, 0.29) is 24.3 Å². The molecule has 0 bridgehead atoms. The molecule has 0 aromatic heterocycles. The number of nitrogens with one attached hydrogen (secondary N) is 3. The Kier molecular flexibility index (Phi) is 7.79. The van der Waals surface area contributed by atoms with E-state index in [1.165, 1.54) is 6.92 Å². The second kappa shape index (κ2) is 9.37. The number of carbonyl (C=O) groups excluding carboxylic acids is 2. The Balaban J connectivity index is 2.59. The number of likely N-dealkylation sites (N-methyl/N-ethyl adjacent to an activating group) is 1. The summed E-state index contributed by atoms with van der Waals surface area (Å²) in [7, 11) is 0. The highest BCUT2D eigenvalue weighted by Crippen LogP contribution is 2.19. The minimum Gasteiger partial charge on any atom is -0.355 e. The predicted octanol–water partition coefficient (Wildman–Crippen LogP) is 1.63. The standard InChI is InChI=1S/C15H22ClN3O2/c1-3-17-8-9-18-15(21)10-14(19-11(2)20)12-4-6-13(16)7-5-12/h4-7,14,17H,3,8-10H2,1-2H3,(H,18,21)(H,19,20). The van der Waals surface area contributed by atoms with Crippen LogP contribution in [-0.2, 0) is 9.59 Å². The van der Waals surface area contributed by atoms with E-state index in [1.54, 1.807) is 12.1 Å². The van der Waals surface area contributed by atoms with Crippen LogP contribution in [-0.4, -0.2) is 31.4 Å². The molecule has 6 heteroatoms. The molecule has 0 aliphatic carbocycles. The van der Waals surface area contributed by atoms with Crippen LogP contribution in [0, 0.1) is 0 Å². The van der Waals surface area contributed by atoms with Gasteiger partial charge in [-0.05, 0) is 24.2 Å². The molecule has 116 valence electrons. The molecule has 1 aromatic rings. The first-order chi connectivity index (χ1) is 10.0. The van der Waals surface area contributed by atoms with Crippen LogP contribution in [0.5, 0.6) is 0 Å². The molecule has 2 amide bonds. The second-order valence-corrected chi connectivity index (χ2v) is 5.15. The van der Waals surface area contributed by atoms with Gasteiger partial charge >= 0.3 is 0 Å². The van der Waals surface area contributed by atoms with Gasteiger partial charge in [0.05, 0.1) is 12.5 Å². The highest BCUT2D eigenvalue weighted by Gasteiger charge is 2.16. The summed E-state index contributed by atoms with van der Waals surface area (Å²) in [6.07, 6.45) is 0.202. The van der Waals surface area contributed by atoms with Crippen molar-refractivity contribution in [3.8, 4) is 0 Å². The van der Waals surface area contributed by atoms with Crippen molar-refractivity contribution in [1.29, 1.82) is 0 Å². The molecule has 21 heavy (non-hydrogen) atoms. The molecular formula is C15H22ClN3O2. The van der Waals surface area contributed by atoms with E-state index in [9.17, 15) is 9.59 Å². The Labute approximate surface area is 130 Å². The van der Waals surface area contributed by atoms with Crippen LogP contribution in [0.1, 0.15) is 31.9 Å². The van der Waals surface area contributed by atoms with Gasteiger partial charge in [0.25, 0.3) is 0 Å². The molecular weight excluding hydrogens is 290 g/mol. The Bertz CT molecular complexity index is 462. The van der Waals surface area contributed by atoms with Crippen LogP contribution in [0.15, 0.2) is 24.3 Å². The van der Waals surface area contributed by atoms with Crippen LogP contribution < -0.4 is 16.0 Å². The molecule has 1 rings (SSSR count). The molecule has 0 fully saturated rings. The summed E-state index contributed by atoms with van der Waals surface area (Å²) < 4.78 is 0. The molecule has 0 spiro atoms. The SMILES string of the molecule is CCNCCNC(=O)CC(NC(C)=O)c1ccc(Cl)cc1. The smallest absolute Gasteiger partial charge is 0.222 e. The molecule has 1 atom stereocenters. The molecule has 0 aliphatic rings. The van der Waals surface area contributed by atoms with Gasteiger partial charge in [-0.25, -0.2) is 0 Å². The third-order valence-corrected chi connectivity index (χ3v) is 3.17. The second-order valence-electron chi connectivity index (χ2n) is 4.71. The number of amides is 2. The minimum absolute atomic E-state index is 0.0957. The van der Waals surface area contributed by atoms with Crippen molar-refractivity contribution in [3.63, 3.8) is 0 Å². The summed E-state index contributed by atoms with van der Waals surface area (Å²) in [6, 6.07) is 6.77. The molecule has 1 unspecified atom stereocenters. The van der Waals surface area contributed by atoms with Crippen molar-refractivity contribution in [2.45, 2.75) is 26.3 Å². The maximum absolute atomic E-state index is 11.9. The highest BCUT2D eigenvalue weighted by atomic mass is 35.5. The first-order valence-corrected chi connectivity index (χ1v) is 7.40. The Hall–Kier alpha value is -1.59. The third kappa shape index (κ3) is 7.11. The van der Waals surface area contributed by atoms with E-state index in [2.05, 4.69) is 16.0 Å². The molecule has 0 heterocycles. The zero-order valence-corrected chi connectivity index (χ0v) is 13.2. The van der Waals surface area contributed by atoms with Gasteiger partial charge < -0.3 is 16.0 Å². The molecule has 0 radical (unpaired) electrons. The topological polar surface area (TPSA) is 70.2 Å². The van der Waals surface area contributed by atoms with Crippen LogP contribution in [0.3, 0.4) is 0 Å². The lowest BCUT2D eigenvalue weighted by Gasteiger charge is -2.18. The molecule has 3 N–H and O–H groups in total. The fourth-order valence-corrected chi connectivity index (χ4v) is 2.04. The fourth-order valence-electron chi connectivity index (χ4n) is 1.92. The van der Waals surface area contributed by atoms with E-state index < -0.39 is 0 Å². The first-order valence-electron chi connectivity index (χ1n) is 7.03. The van der Waals surface area contributed by atoms with Gasteiger partial charge in [0.15, 0.2) is 0 Å². The van der Waals surface area contributed by atoms with Gasteiger partial charge in [-0.1, -0.05) is 30.7 Å². The number of hydrogen-bond donors (Lipinski definition) is 3. The Morgan fingerprint density at radius 1 is 1.19 bits per heavy atom. The summed E-state index contributed by atoms with van der Waals surface area (Å²) in [5.41, 5.74) is 0.858. The molecule has 0 aliphatic heterocycles. The fraction of sp³-hybridized carbons (Fsp3) is 0.467. The van der Waals surface area contributed by atoms with Crippen LogP contribution in [0.25, 0.3) is 0 Å². The van der Waals surface area contributed by atoms with Gasteiger partial charge in [-0.2, -0.15) is 0 Å². The van der Waals surface area contributed by atoms with Gasteiger partial charge in [0, 0.05) is 25.0 Å². The number of rotatable bonds is 8. The van der Waals surface area contributed by atoms with Crippen molar-refractivity contribution in [1.82, 2.24) is 16.0 Å². The molecule has 0 saturated heterocycles. The Morgan fingerprint density at radius 3 is 2.43 bits per heavy atom. The number of halogens is 1. The van der Waals surface area contributed by atoms with E-state index >= 15 is 0 Å². The third-order valence-electron chi connectivity index (χ3n) is 2.91. The van der Waals surface area contributed by atoms with Gasteiger partial charge in [0.2, 0.25) is 11.8 Å². The van der Waals surface area contributed by atoms with E-state index in [1.807, 2.05) is 19.1 Å². The van der Waals surface area contributed by atoms with Gasteiger partial charge in [0.1, 0.15) is 0 Å². The van der Waals surface area contributed by atoms with Crippen molar-refractivity contribution in [2.24, 2.45) is 0 Å². The maximum atomic E-state index is 11.9.